The summed E-state index contributed by atoms with van der Waals surface area (Å²) in [6, 6.07) is 14.6. The van der Waals surface area contributed by atoms with Crippen molar-refractivity contribution in [2.75, 3.05) is 19.2 Å². The Bertz CT molecular complexity index is 625. The Kier molecular flexibility index (Phi) is 4.37. The predicted octanol–water partition coefficient (Wildman–Crippen LogP) is 3.86. The van der Waals surface area contributed by atoms with Crippen LogP contribution in [0.4, 0.5) is 5.69 Å². The number of ether oxygens (including phenoxy) is 3. The van der Waals surface area contributed by atoms with Crippen LogP contribution in [0, 0.1) is 0 Å². The molecule has 116 valence electrons. The van der Waals surface area contributed by atoms with Crippen molar-refractivity contribution in [1.82, 2.24) is 0 Å². The van der Waals surface area contributed by atoms with E-state index in [-0.39, 0.29) is 0 Å². The highest BCUT2D eigenvalue weighted by Gasteiger charge is 2.13. The lowest BCUT2D eigenvalue weighted by Gasteiger charge is -2.15. The summed E-state index contributed by atoms with van der Waals surface area (Å²) in [7, 11) is 1.68. The molecular weight excluding hydrogens is 278 g/mol. The topological polar surface area (TPSA) is 39.7 Å². The third-order valence-electron chi connectivity index (χ3n) is 3.81. The number of benzene rings is 2. The number of hydrogen-bond donors (Lipinski definition) is 1. The van der Waals surface area contributed by atoms with Gasteiger partial charge >= 0.3 is 0 Å². The fraction of sp³-hybridized carbons (Fsp3) is 0.333. The van der Waals surface area contributed by atoms with Gasteiger partial charge in [0.2, 0.25) is 6.79 Å². The van der Waals surface area contributed by atoms with E-state index in [1.807, 2.05) is 30.3 Å². The minimum Gasteiger partial charge on any atom is -0.497 e. The Morgan fingerprint density at radius 2 is 1.86 bits per heavy atom. The minimum absolute atomic E-state index is 0.328. The van der Waals surface area contributed by atoms with E-state index in [0.29, 0.717) is 12.8 Å². The van der Waals surface area contributed by atoms with Crippen molar-refractivity contribution in [1.29, 1.82) is 0 Å². The van der Waals surface area contributed by atoms with Crippen LogP contribution in [0.1, 0.15) is 18.9 Å². The van der Waals surface area contributed by atoms with E-state index >= 15 is 0 Å². The first-order valence-corrected chi connectivity index (χ1v) is 7.54. The summed E-state index contributed by atoms with van der Waals surface area (Å²) in [6.07, 6.45) is 2.05. The Morgan fingerprint density at radius 3 is 2.64 bits per heavy atom. The van der Waals surface area contributed by atoms with E-state index in [1.54, 1.807) is 7.11 Å². The van der Waals surface area contributed by atoms with E-state index in [2.05, 4.69) is 24.4 Å². The highest BCUT2D eigenvalue weighted by atomic mass is 16.7. The van der Waals surface area contributed by atoms with Crippen molar-refractivity contribution in [2.24, 2.45) is 0 Å². The Hall–Kier alpha value is -2.36. The molecule has 0 aliphatic carbocycles. The molecule has 2 aromatic rings. The second-order valence-corrected chi connectivity index (χ2v) is 5.50. The molecule has 0 amide bonds. The quantitative estimate of drug-likeness (QED) is 0.879. The van der Waals surface area contributed by atoms with Crippen LogP contribution in [0.5, 0.6) is 17.2 Å². The zero-order valence-corrected chi connectivity index (χ0v) is 13.0. The summed E-state index contributed by atoms with van der Waals surface area (Å²) in [5, 5.41) is 3.50. The Labute approximate surface area is 131 Å². The number of aryl methyl sites for hydroxylation is 1. The number of fused-ring (bicyclic) bond motifs is 1. The first-order chi connectivity index (χ1) is 10.7. The van der Waals surface area contributed by atoms with E-state index in [4.69, 9.17) is 14.2 Å². The van der Waals surface area contributed by atoms with Gasteiger partial charge in [-0.3, -0.25) is 0 Å². The van der Waals surface area contributed by atoms with Crippen molar-refractivity contribution in [3.05, 3.63) is 48.0 Å². The van der Waals surface area contributed by atoms with Crippen LogP contribution in [0.25, 0.3) is 0 Å². The predicted molar refractivity (Wildman–Crippen MR) is 87.0 cm³/mol. The van der Waals surface area contributed by atoms with Crippen LogP contribution >= 0.6 is 0 Å². The highest BCUT2D eigenvalue weighted by Crippen LogP contribution is 2.32. The molecule has 0 fully saturated rings. The van der Waals surface area contributed by atoms with Crippen molar-refractivity contribution in [2.45, 2.75) is 25.8 Å². The molecule has 0 radical (unpaired) electrons. The zero-order valence-electron chi connectivity index (χ0n) is 13.0. The molecule has 0 spiro atoms. The number of rotatable bonds is 6. The first kappa shape index (κ1) is 14.6. The van der Waals surface area contributed by atoms with Gasteiger partial charge in [-0.2, -0.15) is 0 Å². The molecule has 0 aromatic heterocycles. The van der Waals surface area contributed by atoms with Gasteiger partial charge in [0.05, 0.1) is 7.11 Å². The van der Waals surface area contributed by atoms with Crippen LogP contribution in [0.2, 0.25) is 0 Å². The molecular formula is C18H21NO3. The zero-order chi connectivity index (χ0) is 15.4. The van der Waals surface area contributed by atoms with Gasteiger partial charge in [-0.15, -0.1) is 0 Å². The monoisotopic (exact) mass is 299 g/mol. The standard InChI is InChI=1S/C18H21NO3/c1-13(19-15-6-8-16(20-2)9-7-15)3-4-14-5-10-17-18(11-14)22-12-21-17/h5-11,13,19H,3-4,12H2,1-2H3/t13-/m1/s1. The normalized spacial score (nSPS) is 13.7. The van der Waals surface area contributed by atoms with Gasteiger partial charge in [-0.05, 0) is 61.7 Å². The Morgan fingerprint density at radius 1 is 1.09 bits per heavy atom. The second kappa shape index (κ2) is 6.60. The van der Waals surface area contributed by atoms with Gasteiger partial charge < -0.3 is 19.5 Å². The molecule has 1 aliphatic heterocycles. The molecule has 0 unspecified atom stereocenters. The molecule has 3 rings (SSSR count). The molecule has 1 heterocycles. The van der Waals surface area contributed by atoms with Crippen LogP contribution in [-0.4, -0.2) is 19.9 Å². The van der Waals surface area contributed by atoms with Gasteiger partial charge in [0.1, 0.15) is 5.75 Å². The first-order valence-electron chi connectivity index (χ1n) is 7.54. The summed E-state index contributed by atoms with van der Waals surface area (Å²) >= 11 is 0. The van der Waals surface area contributed by atoms with Gasteiger partial charge in [0.15, 0.2) is 11.5 Å². The van der Waals surface area contributed by atoms with E-state index in [9.17, 15) is 0 Å². The van der Waals surface area contributed by atoms with Crippen LogP contribution in [0.3, 0.4) is 0 Å². The van der Waals surface area contributed by atoms with Crippen LogP contribution in [-0.2, 0) is 6.42 Å². The van der Waals surface area contributed by atoms with Crippen molar-refractivity contribution in [3.8, 4) is 17.2 Å². The Balaban J connectivity index is 1.52. The molecule has 1 N–H and O–H groups in total. The molecule has 4 nitrogen and oxygen atoms in total. The number of methoxy groups -OCH3 is 1. The molecule has 0 saturated carbocycles. The van der Waals surface area contributed by atoms with Crippen molar-refractivity contribution < 1.29 is 14.2 Å². The lowest BCUT2D eigenvalue weighted by molar-refractivity contribution is 0.174. The van der Waals surface area contributed by atoms with Crippen molar-refractivity contribution in [3.63, 3.8) is 0 Å². The third-order valence-corrected chi connectivity index (χ3v) is 3.81. The third kappa shape index (κ3) is 3.45. The summed E-state index contributed by atoms with van der Waals surface area (Å²) < 4.78 is 15.9. The van der Waals surface area contributed by atoms with Crippen LogP contribution in [0.15, 0.2) is 42.5 Å². The lowest BCUT2D eigenvalue weighted by Crippen LogP contribution is -2.15. The lowest BCUT2D eigenvalue weighted by atomic mass is 10.1. The summed E-state index contributed by atoms with van der Waals surface area (Å²) in [5.41, 5.74) is 2.38. The van der Waals surface area contributed by atoms with Crippen molar-refractivity contribution >= 4 is 5.69 Å². The minimum atomic E-state index is 0.328. The van der Waals surface area contributed by atoms with Crippen LogP contribution < -0.4 is 19.5 Å². The SMILES string of the molecule is COc1ccc(N[C@H](C)CCc2ccc3c(c2)OCO3)cc1. The average molecular weight is 299 g/mol. The maximum atomic E-state index is 5.41. The summed E-state index contributed by atoms with van der Waals surface area (Å²) in [5.74, 6) is 2.57. The molecule has 1 aliphatic rings. The van der Waals surface area contributed by atoms with E-state index in [0.717, 1.165) is 35.8 Å². The van der Waals surface area contributed by atoms with Gasteiger partial charge in [-0.1, -0.05) is 6.07 Å². The van der Waals surface area contributed by atoms with E-state index < -0.39 is 0 Å². The molecule has 4 heteroatoms. The fourth-order valence-electron chi connectivity index (χ4n) is 2.52. The maximum Gasteiger partial charge on any atom is 0.231 e. The largest absolute Gasteiger partial charge is 0.497 e. The van der Waals surface area contributed by atoms with Gasteiger partial charge in [-0.25, -0.2) is 0 Å². The molecule has 0 saturated heterocycles. The molecule has 0 bridgehead atoms. The van der Waals surface area contributed by atoms with Gasteiger partial charge in [0.25, 0.3) is 0 Å². The average Bonchev–Trinajstić information content (AvgIpc) is 3.01. The molecule has 22 heavy (non-hydrogen) atoms. The van der Waals surface area contributed by atoms with Gasteiger partial charge in [0, 0.05) is 11.7 Å². The number of hydrogen-bond acceptors (Lipinski definition) is 4. The second-order valence-electron chi connectivity index (χ2n) is 5.50. The summed E-state index contributed by atoms with van der Waals surface area (Å²) in [4.78, 5) is 0. The highest BCUT2D eigenvalue weighted by molar-refractivity contribution is 5.47. The van der Waals surface area contributed by atoms with E-state index in [1.165, 1.54) is 5.56 Å². The maximum absolute atomic E-state index is 5.41. The summed E-state index contributed by atoms with van der Waals surface area (Å²) in [6.45, 7) is 2.52. The molecule has 2 aromatic carbocycles. The smallest absolute Gasteiger partial charge is 0.231 e. The number of nitrogens with one attached hydrogen (secondary N) is 1. The number of anilines is 1. The molecule has 1 atom stereocenters. The fourth-order valence-corrected chi connectivity index (χ4v) is 2.52.